The number of carboxylic acid groups (broad SMARTS) is 1. The van der Waals surface area contributed by atoms with Gasteiger partial charge in [-0.3, -0.25) is 4.79 Å². The zero-order chi connectivity index (χ0) is 12.7. The summed E-state index contributed by atoms with van der Waals surface area (Å²) in [7, 11) is 0. The van der Waals surface area contributed by atoms with Crippen molar-refractivity contribution >= 4 is 5.97 Å². The molecule has 0 aromatic heterocycles. The molecule has 1 unspecified atom stereocenters. The van der Waals surface area contributed by atoms with Gasteiger partial charge in [0, 0.05) is 6.04 Å². The Morgan fingerprint density at radius 2 is 2.00 bits per heavy atom. The Morgan fingerprint density at radius 1 is 1.35 bits per heavy atom. The summed E-state index contributed by atoms with van der Waals surface area (Å²) in [5, 5.41) is 12.5. The molecule has 1 aliphatic carbocycles. The SMILES string of the molecule is CCCCC(N[C@@H](C)C1CCCCC1)C(=O)O. The van der Waals surface area contributed by atoms with Crippen LogP contribution in [0.25, 0.3) is 0 Å². The largest absolute Gasteiger partial charge is 0.480 e. The van der Waals surface area contributed by atoms with Crippen LogP contribution in [0, 0.1) is 5.92 Å². The molecule has 100 valence electrons. The predicted molar refractivity (Wildman–Crippen MR) is 70.1 cm³/mol. The first-order valence-corrected chi connectivity index (χ1v) is 7.14. The Hall–Kier alpha value is -0.570. The van der Waals surface area contributed by atoms with Gasteiger partial charge in [-0.1, -0.05) is 39.0 Å². The maximum Gasteiger partial charge on any atom is 0.320 e. The van der Waals surface area contributed by atoms with E-state index < -0.39 is 5.97 Å². The zero-order valence-corrected chi connectivity index (χ0v) is 11.2. The van der Waals surface area contributed by atoms with Gasteiger partial charge in [0.15, 0.2) is 0 Å². The van der Waals surface area contributed by atoms with E-state index in [0.29, 0.717) is 12.0 Å². The molecule has 0 bridgehead atoms. The summed E-state index contributed by atoms with van der Waals surface area (Å²) in [6.07, 6.45) is 9.28. The Morgan fingerprint density at radius 3 is 2.53 bits per heavy atom. The van der Waals surface area contributed by atoms with E-state index in [1.807, 2.05) is 0 Å². The highest BCUT2D eigenvalue weighted by atomic mass is 16.4. The quantitative estimate of drug-likeness (QED) is 0.719. The van der Waals surface area contributed by atoms with Crippen molar-refractivity contribution in [3.05, 3.63) is 0 Å². The average Bonchev–Trinajstić information content (AvgIpc) is 2.35. The molecule has 1 rings (SSSR count). The minimum atomic E-state index is -0.693. The van der Waals surface area contributed by atoms with E-state index in [1.54, 1.807) is 0 Å². The van der Waals surface area contributed by atoms with Crippen LogP contribution < -0.4 is 5.32 Å². The number of rotatable bonds is 7. The fraction of sp³-hybridized carbons (Fsp3) is 0.929. The van der Waals surface area contributed by atoms with Crippen LogP contribution in [0.4, 0.5) is 0 Å². The van der Waals surface area contributed by atoms with E-state index in [4.69, 9.17) is 0 Å². The topological polar surface area (TPSA) is 49.3 Å². The van der Waals surface area contributed by atoms with Crippen LogP contribution >= 0.6 is 0 Å². The first kappa shape index (κ1) is 14.5. The molecule has 1 saturated carbocycles. The van der Waals surface area contributed by atoms with Crippen molar-refractivity contribution in [2.24, 2.45) is 5.92 Å². The maximum atomic E-state index is 11.2. The molecule has 0 aromatic carbocycles. The normalized spacial score (nSPS) is 21.1. The fourth-order valence-electron chi connectivity index (χ4n) is 2.77. The molecule has 2 N–H and O–H groups in total. The van der Waals surface area contributed by atoms with Gasteiger partial charge >= 0.3 is 5.97 Å². The molecule has 3 nitrogen and oxygen atoms in total. The summed E-state index contributed by atoms with van der Waals surface area (Å²) in [4.78, 5) is 11.2. The Labute approximate surface area is 105 Å². The Balaban J connectivity index is 2.38. The second kappa shape index (κ2) is 7.70. The molecule has 0 radical (unpaired) electrons. The Kier molecular flexibility index (Phi) is 6.56. The number of hydrogen-bond acceptors (Lipinski definition) is 2. The van der Waals surface area contributed by atoms with Crippen LogP contribution in [0.15, 0.2) is 0 Å². The molecule has 1 aliphatic rings. The third-order valence-corrected chi connectivity index (χ3v) is 3.97. The lowest BCUT2D eigenvalue weighted by Crippen LogP contribution is -2.45. The summed E-state index contributed by atoms with van der Waals surface area (Å²) in [6.45, 7) is 4.25. The van der Waals surface area contributed by atoms with Crippen molar-refractivity contribution < 1.29 is 9.90 Å². The lowest BCUT2D eigenvalue weighted by atomic mass is 9.84. The number of carbonyl (C=O) groups is 1. The van der Waals surface area contributed by atoms with Gasteiger partial charge in [0.25, 0.3) is 0 Å². The van der Waals surface area contributed by atoms with Crippen LogP contribution in [0.1, 0.15) is 65.2 Å². The van der Waals surface area contributed by atoms with Crippen molar-refractivity contribution in [3.63, 3.8) is 0 Å². The highest BCUT2D eigenvalue weighted by Crippen LogP contribution is 2.26. The number of hydrogen-bond donors (Lipinski definition) is 2. The van der Waals surface area contributed by atoms with Gasteiger partial charge in [0.2, 0.25) is 0 Å². The van der Waals surface area contributed by atoms with E-state index in [1.165, 1.54) is 32.1 Å². The fourth-order valence-corrected chi connectivity index (χ4v) is 2.77. The monoisotopic (exact) mass is 241 g/mol. The van der Waals surface area contributed by atoms with Crippen LogP contribution in [-0.2, 0) is 4.79 Å². The lowest BCUT2D eigenvalue weighted by Gasteiger charge is -2.30. The third kappa shape index (κ3) is 5.07. The maximum absolute atomic E-state index is 11.2. The molecule has 0 saturated heterocycles. The van der Waals surface area contributed by atoms with E-state index in [-0.39, 0.29) is 6.04 Å². The van der Waals surface area contributed by atoms with E-state index in [2.05, 4.69) is 19.2 Å². The molecule has 0 spiro atoms. The highest BCUT2D eigenvalue weighted by molar-refractivity contribution is 5.73. The zero-order valence-electron chi connectivity index (χ0n) is 11.2. The molecule has 1 fully saturated rings. The smallest absolute Gasteiger partial charge is 0.320 e. The van der Waals surface area contributed by atoms with Gasteiger partial charge in [0.05, 0.1) is 0 Å². The van der Waals surface area contributed by atoms with Gasteiger partial charge in [-0.25, -0.2) is 0 Å². The number of aliphatic carboxylic acids is 1. The lowest BCUT2D eigenvalue weighted by molar-refractivity contribution is -0.140. The summed E-state index contributed by atoms with van der Waals surface area (Å²) in [6, 6.07) is -0.0138. The molecule has 0 aromatic rings. The highest BCUT2D eigenvalue weighted by Gasteiger charge is 2.25. The van der Waals surface area contributed by atoms with Crippen LogP contribution in [0.3, 0.4) is 0 Å². The standard InChI is InChI=1S/C14H27NO2/c1-3-4-10-13(14(16)17)15-11(2)12-8-6-5-7-9-12/h11-13,15H,3-10H2,1-2H3,(H,16,17)/t11-,13?/m0/s1. The molecule has 2 atom stereocenters. The number of unbranched alkanes of at least 4 members (excludes halogenated alkanes) is 1. The molecular weight excluding hydrogens is 214 g/mol. The molecule has 17 heavy (non-hydrogen) atoms. The average molecular weight is 241 g/mol. The molecule has 3 heteroatoms. The van der Waals surface area contributed by atoms with Crippen molar-refractivity contribution in [1.29, 1.82) is 0 Å². The summed E-state index contributed by atoms with van der Waals surface area (Å²) < 4.78 is 0. The van der Waals surface area contributed by atoms with Crippen LogP contribution in [-0.4, -0.2) is 23.2 Å². The second-order valence-corrected chi connectivity index (χ2v) is 5.39. The Bertz CT molecular complexity index is 224. The van der Waals surface area contributed by atoms with Crippen molar-refractivity contribution in [1.82, 2.24) is 5.32 Å². The van der Waals surface area contributed by atoms with Crippen molar-refractivity contribution in [3.8, 4) is 0 Å². The third-order valence-electron chi connectivity index (χ3n) is 3.97. The van der Waals surface area contributed by atoms with Gasteiger partial charge in [0.1, 0.15) is 6.04 Å². The van der Waals surface area contributed by atoms with E-state index >= 15 is 0 Å². The second-order valence-electron chi connectivity index (χ2n) is 5.39. The van der Waals surface area contributed by atoms with Gasteiger partial charge in [-0.2, -0.15) is 0 Å². The minimum Gasteiger partial charge on any atom is -0.480 e. The van der Waals surface area contributed by atoms with Crippen LogP contribution in [0.2, 0.25) is 0 Å². The predicted octanol–water partition coefficient (Wildman–Crippen LogP) is 3.19. The molecule has 0 heterocycles. The minimum absolute atomic E-state index is 0.341. The number of nitrogens with one attached hydrogen (secondary N) is 1. The first-order valence-electron chi connectivity index (χ1n) is 7.14. The van der Waals surface area contributed by atoms with Crippen LogP contribution in [0.5, 0.6) is 0 Å². The first-order chi connectivity index (χ1) is 8.15. The van der Waals surface area contributed by atoms with Gasteiger partial charge in [-0.15, -0.1) is 0 Å². The summed E-state index contributed by atoms with van der Waals surface area (Å²) >= 11 is 0. The molecular formula is C14H27NO2. The van der Waals surface area contributed by atoms with E-state index in [9.17, 15) is 9.90 Å². The molecule has 0 amide bonds. The summed E-state index contributed by atoms with van der Waals surface area (Å²) in [5.41, 5.74) is 0. The van der Waals surface area contributed by atoms with E-state index in [0.717, 1.165) is 19.3 Å². The number of carboxylic acids is 1. The summed E-state index contributed by atoms with van der Waals surface area (Å²) in [5.74, 6) is -0.0201. The van der Waals surface area contributed by atoms with Crippen molar-refractivity contribution in [2.75, 3.05) is 0 Å². The van der Waals surface area contributed by atoms with Crippen molar-refractivity contribution in [2.45, 2.75) is 77.3 Å². The molecule has 0 aliphatic heterocycles. The van der Waals surface area contributed by atoms with Gasteiger partial charge < -0.3 is 10.4 Å². The van der Waals surface area contributed by atoms with Gasteiger partial charge in [-0.05, 0) is 32.1 Å².